The van der Waals surface area contributed by atoms with Crippen LogP contribution < -0.4 is 0 Å². The Bertz CT molecular complexity index is 431. The van der Waals surface area contributed by atoms with E-state index in [9.17, 15) is 5.11 Å². The van der Waals surface area contributed by atoms with E-state index in [0.29, 0.717) is 5.75 Å². The van der Waals surface area contributed by atoms with Crippen molar-refractivity contribution >= 4 is 10.9 Å². The number of aromatic hydroxyl groups is 1. The van der Waals surface area contributed by atoms with Gasteiger partial charge in [0.1, 0.15) is 5.75 Å². The van der Waals surface area contributed by atoms with Gasteiger partial charge in [-0.2, -0.15) is 5.10 Å². The Labute approximate surface area is 70.2 Å². The lowest BCUT2D eigenvalue weighted by Crippen LogP contribution is -1.88. The first-order valence-electron chi connectivity index (χ1n) is 3.80. The molecular weight excluding hydrogens is 152 g/mol. The largest absolute Gasteiger partial charge is 0.508 e. The van der Waals surface area contributed by atoms with Crippen molar-refractivity contribution in [2.45, 2.75) is 6.92 Å². The Hall–Kier alpha value is -1.51. The summed E-state index contributed by atoms with van der Waals surface area (Å²) in [5, 5.41) is 14.5. The van der Waals surface area contributed by atoms with Gasteiger partial charge in [0.25, 0.3) is 0 Å². The zero-order valence-corrected chi connectivity index (χ0v) is 7.07. The predicted octanol–water partition coefficient (Wildman–Crippen LogP) is 1.59. The molecule has 0 unspecified atom stereocenters. The standard InChI is InChI=1S/C9H10N2O/c1-6-3-7(12)4-9-8(6)5-10-11(9)2/h3-5,12H,1-2H3. The van der Waals surface area contributed by atoms with Crippen LogP contribution >= 0.6 is 0 Å². The Kier molecular flexibility index (Phi) is 1.33. The molecule has 0 aliphatic carbocycles. The SMILES string of the molecule is Cc1cc(O)cc2c1cnn2C. The third-order valence-electron chi connectivity index (χ3n) is 2.06. The summed E-state index contributed by atoms with van der Waals surface area (Å²) >= 11 is 0. The minimum atomic E-state index is 0.295. The number of hydrogen-bond donors (Lipinski definition) is 1. The minimum absolute atomic E-state index is 0.295. The fourth-order valence-corrected chi connectivity index (χ4v) is 1.40. The lowest BCUT2D eigenvalue weighted by Gasteiger charge is -1.98. The van der Waals surface area contributed by atoms with Gasteiger partial charge < -0.3 is 5.11 Å². The molecule has 0 bridgehead atoms. The van der Waals surface area contributed by atoms with Crippen LogP contribution in [-0.2, 0) is 7.05 Å². The lowest BCUT2D eigenvalue weighted by molar-refractivity contribution is 0.475. The number of aryl methyl sites for hydroxylation is 2. The third kappa shape index (κ3) is 0.863. The smallest absolute Gasteiger partial charge is 0.118 e. The number of phenolic OH excluding ortho intramolecular Hbond substituents is 1. The van der Waals surface area contributed by atoms with Gasteiger partial charge in [-0.15, -0.1) is 0 Å². The maximum atomic E-state index is 9.31. The topological polar surface area (TPSA) is 38.1 Å². The maximum absolute atomic E-state index is 9.31. The van der Waals surface area contributed by atoms with E-state index in [1.165, 1.54) is 0 Å². The number of fused-ring (bicyclic) bond motifs is 1. The van der Waals surface area contributed by atoms with Gasteiger partial charge in [0.15, 0.2) is 0 Å². The van der Waals surface area contributed by atoms with Crippen molar-refractivity contribution in [3.63, 3.8) is 0 Å². The fraction of sp³-hybridized carbons (Fsp3) is 0.222. The van der Waals surface area contributed by atoms with Crippen molar-refractivity contribution in [1.29, 1.82) is 0 Å². The summed E-state index contributed by atoms with van der Waals surface area (Å²) in [6.07, 6.45) is 1.81. The van der Waals surface area contributed by atoms with E-state index in [2.05, 4.69) is 5.10 Å². The summed E-state index contributed by atoms with van der Waals surface area (Å²) in [4.78, 5) is 0. The predicted molar refractivity (Wildman–Crippen MR) is 47.1 cm³/mol. The summed E-state index contributed by atoms with van der Waals surface area (Å²) in [5.74, 6) is 0.295. The van der Waals surface area contributed by atoms with Crippen LogP contribution in [0.1, 0.15) is 5.56 Å². The Morgan fingerprint density at radius 2 is 2.17 bits per heavy atom. The van der Waals surface area contributed by atoms with E-state index in [1.807, 2.05) is 20.2 Å². The molecule has 1 heterocycles. The van der Waals surface area contributed by atoms with Gasteiger partial charge in [0, 0.05) is 18.5 Å². The molecule has 62 valence electrons. The summed E-state index contributed by atoms with van der Waals surface area (Å²) in [7, 11) is 1.86. The zero-order valence-electron chi connectivity index (χ0n) is 7.07. The number of phenols is 1. The van der Waals surface area contributed by atoms with E-state index in [0.717, 1.165) is 16.5 Å². The first kappa shape index (κ1) is 7.16. The minimum Gasteiger partial charge on any atom is -0.508 e. The molecular formula is C9H10N2O. The number of benzene rings is 1. The maximum Gasteiger partial charge on any atom is 0.118 e. The molecule has 0 radical (unpaired) electrons. The molecule has 0 aliphatic rings. The van der Waals surface area contributed by atoms with Crippen molar-refractivity contribution in [3.05, 3.63) is 23.9 Å². The van der Waals surface area contributed by atoms with Gasteiger partial charge >= 0.3 is 0 Å². The van der Waals surface area contributed by atoms with Crippen molar-refractivity contribution in [3.8, 4) is 5.75 Å². The van der Waals surface area contributed by atoms with E-state index >= 15 is 0 Å². The molecule has 0 atom stereocenters. The Balaban J connectivity index is 2.92. The molecule has 1 N–H and O–H groups in total. The molecule has 12 heavy (non-hydrogen) atoms. The van der Waals surface area contributed by atoms with Crippen LogP contribution in [0, 0.1) is 6.92 Å². The molecule has 3 nitrogen and oxygen atoms in total. The van der Waals surface area contributed by atoms with E-state index in [-0.39, 0.29) is 0 Å². The van der Waals surface area contributed by atoms with Crippen LogP contribution in [0.15, 0.2) is 18.3 Å². The normalized spacial score (nSPS) is 10.8. The van der Waals surface area contributed by atoms with Crippen LogP contribution in [0.3, 0.4) is 0 Å². The van der Waals surface area contributed by atoms with Crippen molar-refractivity contribution in [2.24, 2.45) is 7.05 Å². The Morgan fingerprint density at radius 3 is 2.92 bits per heavy atom. The molecule has 0 aliphatic heterocycles. The zero-order chi connectivity index (χ0) is 8.72. The van der Waals surface area contributed by atoms with Crippen molar-refractivity contribution < 1.29 is 5.11 Å². The highest BCUT2D eigenvalue weighted by Gasteiger charge is 2.03. The van der Waals surface area contributed by atoms with Gasteiger partial charge in [-0.05, 0) is 18.6 Å². The molecule has 0 spiro atoms. The van der Waals surface area contributed by atoms with Gasteiger partial charge in [-0.3, -0.25) is 4.68 Å². The highest BCUT2D eigenvalue weighted by molar-refractivity contribution is 5.83. The molecule has 0 amide bonds. The summed E-state index contributed by atoms with van der Waals surface area (Å²) in [5.41, 5.74) is 2.02. The molecule has 0 saturated carbocycles. The van der Waals surface area contributed by atoms with Gasteiger partial charge in [0.05, 0.1) is 11.7 Å². The highest BCUT2D eigenvalue weighted by Crippen LogP contribution is 2.22. The van der Waals surface area contributed by atoms with Gasteiger partial charge in [-0.25, -0.2) is 0 Å². The molecule has 2 aromatic rings. The second-order valence-corrected chi connectivity index (χ2v) is 2.96. The van der Waals surface area contributed by atoms with Crippen molar-refractivity contribution in [2.75, 3.05) is 0 Å². The van der Waals surface area contributed by atoms with Gasteiger partial charge in [-0.1, -0.05) is 0 Å². The van der Waals surface area contributed by atoms with Crippen LogP contribution in [0.4, 0.5) is 0 Å². The van der Waals surface area contributed by atoms with E-state index in [1.54, 1.807) is 16.8 Å². The lowest BCUT2D eigenvalue weighted by atomic mass is 10.1. The molecule has 3 heteroatoms. The molecule has 1 aromatic carbocycles. The number of hydrogen-bond acceptors (Lipinski definition) is 2. The molecule has 0 saturated heterocycles. The quantitative estimate of drug-likeness (QED) is 0.638. The first-order valence-corrected chi connectivity index (χ1v) is 3.80. The first-order chi connectivity index (χ1) is 5.68. The molecule has 0 fully saturated rings. The fourth-order valence-electron chi connectivity index (χ4n) is 1.40. The van der Waals surface area contributed by atoms with Crippen LogP contribution in [0.5, 0.6) is 5.75 Å². The van der Waals surface area contributed by atoms with E-state index in [4.69, 9.17) is 0 Å². The van der Waals surface area contributed by atoms with Crippen LogP contribution in [0.2, 0.25) is 0 Å². The van der Waals surface area contributed by atoms with Gasteiger partial charge in [0.2, 0.25) is 0 Å². The Morgan fingerprint density at radius 1 is 1.42 bits per heavy atom. The second-order valence-electron chi connectivity index (χ2n) is 2.96. The summed E-state index contributed by atoms with van der Waals surface area (Å²) in [6, 6.07) is 3.46. The number of rotatable bonds is 0. The summed E-state index contributed by atoms with van der Waals surface area (Å²) in [6.45, 7) is 1.96. The van der Waals surface area contributed by atoms with E-state index < -0.39 is 0 Å². The average Bonchev–Trinajstić information content (AvgIpc) is 2.33. The summed E-state index contributed by atoms with van der Waals surface area (Å²) < 4.78 is 1.75. The third-order valence-corrected chi connectivity index (χ3v) is 2.06. The average molecular weight is 162 g/mol. The number of aromatic nitrogens is 2. The monoisotopic (exact) mass is 162 g/mol. The number of nitrogens with zero attached hydrogens (tertiary/aromatic N) is 2. The molecule has 1 aromatic heterocycles. The van der Waals surface area contributed by atoms with Crippen LogP contribution in [0.25, 0.3) is 10.9 Å². The molecule has 2 rings (SSSR count). The second kappa shape index (κ2) is 2.24. The highest BCUT2D eigenvalue weighted by atomic mass is 16.3. The van der Waals surface area contributed by atoms with Crippen LogP contribution in [-0.4, -0.2) is 14.9 Å². The van der Waals surface area contributed by atoms with Crippen molar-refractivity contribution in [1.82, 2.24) is 9.78 Å².